The van der Waals surface area contributed by atoms with Crippen molar-refractivity contribution in [3.05, 3.63) is 121 Å². The third kappa shape index (κ3) is 4.22. The van der Waals surface area contributed by atoms with Gasteiger partial charge in [-0.2, -0.15) is 0 Å². The Morgan fingerprint density at radius 3 is 1.89 bits per heavy atom. The van der Waals surface area contributed by atoms with Crippen LogP contribution in [0, 0.1) is 0 Å². The quantitative estimate of drug-likeness (QED) is 0.172. The van der Waals surface area contributed by atoms with Gasteiger partial charge in [0.05, 0.1) is 22.2 Å². The van der Waals surface area contributed by atoms with Gasteiger partial charge < -0.3 is 13.7 Å². The van der Waals surface area contributed by atoms with Crippen LogP contribution in [0.2, 0.25) is 0 Å². The summed E-state index contributed by atoms with van der Waals surface area (Å²) < 4.78 is 9.66. The zero-order valence-electron chi connectivity index (χ0n) is 30.1. The molecule has 3 heterocycles. The van der Waals surface area contributed by atoms with Crippen LogP contribution < -0.4 is 4.90 Å². The van der Waals surface area contributed by atoms with E-state index in [4.69, 9.17) is 4.42 Å². The van der Waals surface area contributed by atoms with Crippen LogP contribution in [-0.2, 0) is 0 Å². The van der Waals surface area contributed by atoms with E-state index in [0.29, 0.717) is 12.1 Å². The molecule has 2 aliphatic carbocycles. The predicted molar refractivity (Wildman–Crippen MR) is 225 cm³/mol. The van der Waals surface area contributed by atoms with Crippen LogP contribution in [0.15, 0.2) is 126 Å². The monoisotopic (exact) mass is 686 g/mol. The first kappa shape index (κ1) is 30.0. The van der Waals surface area contributed by atoms with Crippen LogP contribution in [0.1, 0.15) is 64.2 Å². The number of rotatable bonds is 4. The highest BCUT2D eigenvalue weighted by Crippen LogP contribution is 2.50. The van der Waals surface area contributed by atoms with E-state index in [1.807, 2.05) is 0 Å². The second-order valence-corrected chi connectivity index (χ2v) is 16.0. The fourth-order valence-electron chi connectivity index (χ4n) is 11.0. The molecule has 53 heavy (non-hydrogen) atoms. The van der Waals surface area contributed by atoms with Gasteiger partial charge in [0.15, 0.2) is 5.58 Å². The first-order valence-corrected chi connectivity index (χ1v) is 20.1. The molecule has 3 heteroatoms. The second-order valence-electron chi connectivity index (χ2n) is 16.0. The molecule has 0 radical (unpaired) electrons. The maximum absolute atomic E-state index is 7.09. The highest BCUT2D eigenvalue weighted by Gasteiger charge is 2.32. The normalized spacial score (nSPS) is 16.5. The van der Waals surface area contributed by atoms with E-state index in [1.165, 1.54) is 151 Å². The van der Waals surface area contributed by atoms with Crippen molar-refractivity contribution in [3.8, 4) is 11.1 Å². The fraction of sp³-hybridized carbons (Fsp3) is 0.240. The Labute approximate surface area is 308 Å². The lowest BCUT2D eigenvalue weighted by molar-refractivity contribution is 0.340. The van der Waals surface area contributed by atoms with E-state index in [-0.39, 0.29) is 0 Å². The van der Waals surface area contributed by atoms with Crippen molar-refractivity contribution in [2.45, 2.75) is 76.3 Å². The summed E-state index contributed by atoms with van der Waals surface area (Å²) in [5, 5.41) is 12.9. The van der Waals surface area contributed by atoms with Crippen molar-refractivity contribution in [2.24, 2.45) is 0 Å². The van der Waals surface area contributed by atoms with Crippen molar-refractivity contribution in [2.75, 3.05) is 4.90 Å². The van der Waals surface area contributed by atoms with Crippen LogP contribution in [0.3, 0.4) is 0 Å². The second kappa shape index (κ2) is 11.5. The van der Waals surface area contributed by atoms with Gasteiger partial charge in [0.1, 0.15) is 5.58 Å². The number of fused-ring (bicyclic) bond motifs is 9. The zero-order valence-corrected chi connectivity index (χ0v) is 30.1. The molecule has 2 saturated carbocycles. The average molecular weight is 687 g/mol. The molecule has 0 N–H and O–H groups in total. The molecular formula is C50H42N2O. The van der Waals surface area contributed by atoms with Crippen LogP contribution in [0.25, 0.3) is 92.7 Å². The molecule has 12 rings (SSSR count). The largest absolute Gasteiger partial charge is 0.454 e. The lowest BCUT2D eigenvalue weighted by Gasteiger charge is -2.43. The van der Waals surface area contributed by atoms with Gasteiger partial charge in [-0.3, -0.25) is 0 Å². The minimum atomic E-state index is 0.573. The molecule has 2 aliphatic rings. The van der Waals surface area contributed by atoms with Crippen LogP contribution in [0.5, 0.6) is 0 Å². The summed E-state index contributed by atoms with van der Waals surface area (Å²) in [4.78, 5) is 2.86. The molecular weight excluding hydrogens is 645 g/mol. The van der Waals surface area contributed by atoms with Crippen LogP contribution in [0.4, 0.5) is 5.69 Å². The number of para-hydroxylation sites is 3. The van der Waals surface area contributed by atoms with Crippen molar-refractivity contribution < 1.29 is 4.42 Å². The fourth-order valence-corrected chi connectivity index (χ4v) is 11.0. The SMILES string of the molecule is c1ccc2c(c1)oc1c(N(C3CCCCC3)C3CCCCC3)ccc(-c3cc4ccc5cccc6c7ccccc7n7c8ccccc8c3c7c4c56)c12. The summed E-state index contributed by atoms with van der Waals surface area (Å²) in [5.41, 5.74) is 9.68. The average Bonchev–Trinajstić information content (AvgIpc) is 3.75. The minimum Gasteiger partial charge on any atom is -0.454 e. The number of benzene rings is 7. The van der Waals surface area contributed by atoms with Gasteiger partial charge >= 0.3 is 0 Å². The number of anilines is 1. The van der Waals surface area contributed by atoms with Crippen LogP contribution >= 0.6 is 0 Å². The summed E-state index contributed by atoms with van der Waals surface area (Å²) >= 11 is 0. The highest BCUT2D eigenvalue weighted by atomic mass is 16.3. The lowest BCUT2D eigenvalue weighted by atomic mass is 9.87. The van der Waals surface area contributed by atoms with E-state index in [1.54, 1.807) is 0 Å². The van der Waals surface area contributed by atoms with Crippen molar-refractivity contribution in [1.29, 1.82) is 0 Å². The van der Waals surface area contributed by atoms with E-state index >= 15 is 0 Å². The Morgan fingerprint density at radius 2 is 1.11 bits per heavy atom. The number of hydrogen-bond acceptors (Lipinski definition) is 2. The molecule has 3 aromatic heterocycles. The molecule has 0 amide bonds. The van der Waals surface area contributed by atoms with Gasteiger partial charge in [-0.05, 0) is 88.7 Å². The molecule has 3 nitrogen and oxygen atoms in total. The van der Waals surface area contributed by atoms with Crippen molar-refractivity contribution in [3.63, 3.8) is 0 Å². The number of hydrogen-bond donors (Lipinski definition) is 0. The van der Waals surface area contributed by atoms with Crippen molar-refractivity contribution in [1.82, 2.24) is 4.40 Å². The summed E-state index contributed by atoms with van der Waals surface area (Å²) in [5.74, 6) is 0. The van der Waals surface area contributed by atoms with Gasteiger partial charge in [-0.1, -0.05) is 130 Å². The van der Waals surface area contributed by atoms with Gasteiger partial charge in [-0.15, -0.1) is 0 Å². The summed E-state index contributed by atoms with van der Waals surface area (Å²) in [6, 6.07) is 46.9. The third-order valence-corrected chi connectivity index (χ3v) is 13.2. The Balaban J connectivity index is 1.24. The lowest BCUT2D eigenvalue weighted by Crippen LogP contribution is -2.45. The zero-order chi connectivity index (χ0) is 34.6. The predicted octanol–water partition coefficient (Wildman–Crippen LogP) is 14.2. The summed E-state index contributed by atoms with van der Waals surface area (Å²) in [7, 11) is 0. The molecule has 0 aliphatic heterocycles. The number of nitrogens with zero attached hydrogens (tertiary/aromatic N) is 2. The van der Waals surface area contributed by atoms with E-state index in [9.17, 15) is 0 Å². The molecule has 2 fully saturated rings. The smallest absolute Gasteiger partial charge is 0.159 e. The maximum Gasteiger partial charge on any atom is 0.159 e. The molecule has 0 saturated heterocycles. The molecule has 10 aromatic rings. The summed E-state index contributed by atoms with van der Waals surface area (Å²) in [6.45, 7) is 0. The number of aromatic nitrogens is 1. The van der Waals surface area contributed by atoms with Gasteiger partial charge in [-0.25, -0.2) is 0 Å². The van der Waals surface area contributed by atoms with Crippen molar-refractivity contribution >= 4 is 87.3 Å². The Hall–Kier alpha value is -5.54. The molecule has 0 bridgehead atoms. The maximum atomic E-state index is 7.09. The van der Waals surface area contributed by atoms with Gasteiger partial charge in [0.25, 0.3) is 0 Å². The highest BCUT2D eigenvalue weighted by molar-refractivity contribution is 6.35. The molecule has 7 aromatic carbocycles. The summed E-state index contributed by atoms with van der Waals surface area (Å²) in [6.07, 6.45) is 13.2. The Kier molecular flexibility index (Phi) is 6.49. The Morgan fingerprint density at radius 1 is 0.472 bits per heavy atom. The molecule has 0 atom stereocenters. The Bertz CT molecular complexity index is 3020. The molecule has 0 spiro atoms. The van der Waals surface area contributed by atoms with Crippen LogP contribution in [-0.4, -0.2) is 16.5 Å². The van der Waals surface area contributed by atoms with Gasteiger partial charge in [0, 0.05) is 44.4 Å². The van der Waals surface area contributed by atoms with E-state index in [2.05, 4.69) is 131 Å². The molecule has 258 valence electrons. The first-order chi connectivity index (χ1) is 26.3. The van der Waals surface area contributed by atoms with E-state index in [0.717, 1.165) is 11.2 Å². The minimum absolute atomic E-state index is 0.573. The first-order valence-electron chi connectivity index (χ1n) is 20.1. The topological polar surface area (TPSA) is 20.8 Å². The standard InChI is InChI=1S/C50H42N2O/c1-3-15-33(16-4-1)51(34-17-5-2-6-18-34)43-29-28-37(48-39-21-9-12-25-44(39)53-50(43)48)40-30-32-27-26-31-14-13-22-36-35-19-7-10-23-41(35)52-42-24-11-8-20-38(42)47(40)49(52)46(32)45(31)36/h7-14,19-30,33-34H,1-6,15-18H2. The van der Waals surface area contributed by atoms with E-state index < -0.39 is 0 Å². The number of furan rings is 1. The molecule has 0 unspecified atom stereocenters. The third-order valence-electron chi connectivity index (χ3n) is 13.2. The van der Waals surface area contributed by atoms with Gasteiger partial charge in [0.2, 0.25) is 0 Å².